The molecule has 0 aromatic carbocycles. The van der Waals surface area contributed by atoms with Gasteiger partial charge >= 0.3 is 0 Å². The van der Waals surface area contributed by atoms with Gasteiger partial charge in [-0.1, -0.05) is 12.2 Å². The van der Waals surface area contributed by atoms with Crippen LogP contribution in [0.1, 0.15) is 23.0 Å². The first-order chi connectivity index (χ1) is 7.84. The molecule has 0 saturated carbocycles. The van der Waals surface area contributed by atoms with Crippen LogP contribution in [0.25, 0.3) is 0 Å². The number of pyridine rings is 1. The Kier molecular flexibility index (Phi) is 4.01. The van der Waals surface area contributed by atoms with Crippen molar-refractivity contribution in [1.82, 2.24) is 9.88 Å². The Labute approximate surface area is 105 Å². The molecule has 0 radical (unpaired) electrons. The third-order valence-corrected chi connectivity index (χ3v) is 2.94. The van der Waals surface area contributed by atoms with Crippen molar-refractivity contribution in [3.05, 3.63) is 33.7 Å². The zero-order valence-electron chi connectivity index (χ0n) is 9.98. The molecule has 17 heavy (non-hydrogen) atoms. The van der Waals surface area contributed by atoms with E-state index in [9.17, 15) is 9.59 Å². The number of thiocarbonyl (C=S) groups is 1. The second-order valence-electron chi connectivity index (χ2n) is 3.89. The predicted octanol–water partition coefficient (Wildman–Crippen LogP) is 0.430. The van der Waals surface area contributed by atoms with Crippen LogP contribution in [0.5, 0.6) is 0 Å². The lowest BCUT2D eigenvalue weighted by molar-refractivity contribution is 0.0777. The van der Waals surface area contributed by atoms with Gasteiger partial charge in [0.05, 0.1) is 11.0 Å². The summed E-state index contributed by atoms with van der Waals surface area (Å²) in [6, 6.07) is 0.991. The number of aromatic amines is 1. The Morgan fingerprint density at radius 2 is 2.18 bits per heavy atom. The Balaban J connectivity index is 3.05. The van der Waals surface area contributed by atoms with Gasteiger partial charge in [-0.15, -0.1) is 0 Å². The van der Waals surface area contributed by atoms with Gasteiger partial charge in [0.25, 0.3) is 5.91 Å². The number of H-pyrrole nitrogens is 1. The van der Waals surface area contributed by atoms with Crippen LogP contribution >= 0.6 is 12.2 Å². The third-order valence-electron chi connectivity index (χ3n) is 2.60. The maximum Gasteiger partial charge on any atom is 0.259 e. The molecule has 6 heteroatoms. The number of carbonyl (C=O) groups is 1. The lowest BCUT2D eigenvalue weighted by atomic mass is 10.2. The summed E-state index contributed by atoms with van der Waals surface area (Å²) in [5.41, 5.74) is 5.94. The van der Waals surface area contributed by atoms with E-state index in [4.69, 9.17) is 18.0 Å². The van der Waals surface area contributed by atoms with Crippen LogP contribution in [0.2, 0.25) is 0 Å². The number of aryl methyl sites for hydroxylation is 1. The molecule has 92 valence electrons. The molecule has 5 nitrogen and oxygen atoms in total. The average Bonchev–Trinajstić information content (AvgIpc) is 2.26. The molecular weight excluding hydrogens is 238 g/mol. The SMILES string of the molecule is Cc1cc(=O)c(C(=O)N(C)C(C)C(N)=S)c[nH]1. The molecular formula is C11H15N3O2S. The van der Waals surface area contributed by atoms with E-state index in [-0.39, 0.29) is 16.0 Å². The fourth-order valence-electron chi connectivity index (χ4n) is 1.30. The van der Waals surface area contributed by atoms with Crippen LogP contribution in [-0.4, -0.2) is 33.9 Å². The van der Waals surface area contributed by atoms with Gasteiger partial charge < -0.3 is 15.6 Å². The Morgan fingerprint density at radius 1 is 1.59 bits per heavy atom. The van der Waals surface area contributed by atoms with E-state index in [0.29, 0.717) is 5.69 Å². The molecule has 0 saturated heterocycles. The number of carbonyl (C=O) groups excluding carboxylic acids is 1. The highest BCUT2D eigenvalue weighted by Gasteiger charge is 2.21. The summed E-state index contributed by atoms with van der Waals surface area (Å²) in [6.45, 7) is 3.46. The zero-order valence-corrected chi connectivity index (χ0v) is 10.8. The van der Waals surface area contributed by atoms with E-state index >= 15 is 0 Å². The van der Waals surface area contributed by atoms with Gasteiger partial charge in [0, 0.05) is 25.0 Å². The maximum absolute atomic E-state index is 12.0. The van der Waals surface area contributed by atoms with E-state index in [1.807, 2.05) is 0 Å². The molecule has 0 aliphatic rings. The average molecular weight is 253 g/mol. The number of nitrogens with zero attached hydrogens (tertiary/aromatic N) is 1. The quantitative estimate of drug-likeness (QED) is 0.766. The van der Waals surface area contributed by atoms with E-state index in [1.54, 1.807) is 20.9 Å². The van der Waals surface area contributed by atoms with Gasteiger partial charge in [-0.2, -0.15) is 0 Å². The van der Waals surface area contributed by atoms with Crippen molar-refractivity contribution < 1.29 is 4.79 Å². The van der Waals surface area contributed by atoms with Gasteiger partial charge in [0.1, 0.15) is 5.56 Å². The van der Waals surface area contributed by atoms with Gasteiger partial charge in [-0.25, -0.2) is 0 Å². The third kappa shape index (κ3) is 2.91. The molecule has 1 unspecified atom stereocenters. The number of rotatable bonds is 3. The van der Waals surface area contributed by atoms with Crippen molar-refractivity contribution in [3.63, 3.8) is 0 Å². The van der Waals surface area contributed by atoms with Gasteiger partial charge in [-0.3, -0.25) is 9.59 Å². The van der Waals surface area contributed by atoms with Crippen molar-refractivity contribution in [2.24, 2.45) is 5.73 Å². The molecule has 1 rings (SSSR count). The summed E-state index contributed by atoms with van der Waals surface area (Å²) < 4.78 is 0. The van der Waals surface area contributed by atoms with Crippen molar-refractivity contribution in [3.8, 4) is 0 Å². The molecule has 0 bridgehead atoms. The fraction of sp³-hybridized carbons (Fsp3) is 0.364. The molecule has 1 amide bonds. The number of amides is 1. The molecule has 0 aliphatic heterocycles. The number of nitrogens with two attached hydrogens (primary N) is 1. The normalized spacial score (nSPS) is 11.9. The van der Waals surface area contributed by atoms with E-state index in [1.165, 1.54) is 17.2 Å². The van der Waals surface area contributed by atoms with Crippen LogP contribution in [0, 0.1) is 6.92 Å². The van der Waals surface area contributed by atoms with Crippen molar-refractivity contribution >= 4 is 23.1 Å². The van der Waals surface area contributed by atoms with Crippen LogP contribution in [0.4, 0.5) is 0 Å². The molecule has 1 atom stereocenters. The number of hydrogen-bond acceptors (Lipinski definition) is 3. The second-order valence-corrected chi connectivity index (χ2v) is 4.36. The number of aromatic nitrogens is 1. The van der Waals surface area contributed by atoms with Crippen LogP contribution < -0.4 is 11.2 Å². The van der Waals surface area contributed by atoms with Crippen LogP contribution in [0.15, 0.2) is 17.1 Å². The summed E-state index contributed by atoms with van der Waals surface area (Å²) in [5, 5.41) is 0. The summed E-state index contributed by atoms with van der Waals surface area (Å²) in [6.07, 6.45) is 1.41. The van der Waals surface area contributed by atoms with Gasteiger partial charge in [0.15, 0.2) is 5.43 Å². The molecule has 1 aromatic rings. The minimum absolute atomic E-state index is 0.0844. The fourth-order valence-corrected chi connectivity index (χ4v) is 1.46. The monoisotopic (exact) mass is 253 g/mol. The minimum Gasteiger partial charge on any atom is -0.392 e. The molecule has 0 fully saturated rings. The highest BCUT2D eigenvalue weighted by atomic mass is 32.1. The van der Waals surface area contributed by atoms with Crippen LogP contribution in [0.3, 0.4) is 0 Å². The number of hydrogen-bond donors (Lipinski definition) is 2. The Bertz CT molecular complexity index is 510. The first kappa shape index (κ1) is 13.4. The first-order valence-electron chi connectivity index (χ1n) is 5.10. The number of nitrogens with one attached hydrogen (secondary N) is 1. The van der Waals surface area contributed by atoms with Gasteiger partial charge in [0.2, 0.25) is 0 Å². The predicted molar refractivity (Wildman–Crippen MR) is 70.1 cm³/mol. The van der Waals surface area contributed by atoms with Crippen molar-refractivity contribution in [2.45, 2.75) is 19.9 Å². The Morgan fingerprint density at radius 3 is 2.65 bits per heavy atom. The highest BCUT2D eigenvalue weighted by molar-refractivity contribution is 7.80. The standard InChI is InChI=1S/C11H15N3O2S/c1-6-4-9(15)8(5-13-6)11(16)14(3)7(2)10(12)17/h4-5,7H,1-3H3,(H2,12,17)(H,13,15). The van der Waals surface area contributed by atoms with E-state index in [2.05, 4.69) is 4.98 Å². The minimum atomic E-state index is -0.397. The lowest BCUT2D eigenvalue weighted by Gasteiger charge is -2.23. The van der Waals surface area contributed by atoms with Crippen LogP contribution in [-0.2, 0) is 0 Å². The zero-order chi connectivity index (χ0) is 13.2. The molecule has 0 aliphatic carbocycles. The second kappa shape index (κ2) is 5.09. The molecule has 1 heterocycles. The smallest absolute Gasteiger partial charge is 0.259 e. The summed E-state index contributed by atoms with van der Waals surface area (Å²) in [7, 11) is 1.56. The van der Waals surface area contributed by atoms with Crippen molar-refractivity contribution in [2.75, 3.05) is 7.05 Å². The summed E-state index contributed by atoms with van der Waals surface area (Å²) in [4.78, 5) is 28.1. The van der Waals surface area contributed by atoms with Gasteiger partial charge in [-0.05, 0) is 13.8 Å². The maximum atomic E-state index is 12.0. The van der Waals surface area contributed by atoms with E-state index in [0.717, 1.165) is 0 Å². The molecule has 3 N–H and O–H groups in total. The highest BCUT2D eigenvalue weighted by Crippen LogP contribution is 2.03. The Hall–Kier alpha value is -1.69. The molecule has 1 aromatic heterocycles. The van der Waals surface area contributed by atoms with Crippen molar-refractivity contribution in [1.29, 1.82) is 0 Å². The first-order valence-corrected chi connectivity index (χ1v) is 5.51. The largest absolute Gasteiger partial charge is 0.392 e. The number of likely N-dealkylation sites (N-methyl/N-ethyl adjacent to an activating group) is 1. The summed E-state index contributed by atoms with van der Waals surface area (Å²) in [5.74, 6) is -0.397. The molecule has 0 spiro atoms. The topological polar surface area (TPSA) is 79.2 Å². The summed E-state index contributed by atoms with van der Waals surface area (Å²) >= 11 is 4.82. The van der Waals surface area contributed by atoms with E-state index < -0.39 is 11.9 Å². The lowest BCUT2D eigenvalue weighted by Crippen LogP contribution is -2.44.